The molecule has 0 spiro atoms. The molecular weight excluding hydrogens is 347 g/mol. The van der Waals surface area contributed by atoms with E-state index in [0.717, 1.165) is 12.2 Å². The van der Waals surface area contributed by atoms with Gasteiger partial charge in [-0.05, 0) is 59.3 Å². The van der Waals surface area contributed by atoms with Gasteiger partial charge in [0.05, 0.1) is 5.69 Å². The van der Waals surface area contributed by atoms with Crippen LogP contribution in [0.5, 0.6) is 0 Å². The summed E-state index contributed by atoms with van der Waals surface area (Å²) in [7, 11) is 0. The van der Waals surface area contributed by atoms with E-state index in [4.69, 9.17) is 5.73 Å². The highest BCUT2D eigenvalue weighted by Gasteiger charge is 2.11. The van der Waals surface area contributed by atoms with Crippen molar-refractivity contribution in [1.82, 2.24) is 0 Å². The van der Waals surface area contributed by atoms with Gasteiger partial charge in [-0.15, -0.1) is 0 Å². The Morgan fingerprint density at radius 3 is 2.47 bits per heavy atom. The van der Waals surface area contributed by atoms with Crippen molar-refractivity contribution < 1.29 is 0 Å². The lowest BCUT2D eigenvalue weighted by atomic mass is 10.2. The first kappa shape index (κ1) is 14.2. The predicted octanol–water partition coefficient (Wildman–Crippen LogP) is 4.81. The lowest BCUT2D eigenvalue weighted by Gasteiger charge is -2.26. The van der Waals surface area contributed by atoms with E-state index in [1.165, 1.54) is 27.8 Å². The van der Waals surface area contributed by atoms with E-state index >= 15 is 0 Å². The summed E-state index contributed by atoms with van der Waals surface area (Å²) in [6, 6.07) is 16.6. The molecule has 0 radical (unpaired) electrons. The average Bonchev–Trinajstić information content (AvgIpc) is 2.42. The topological polar surface area (TPSA) is 29.3 Å². The fraction of sp³-hybridized carbons (Fsp3) is 0.250. The quantitative estimate of drug-likeness (QED) is 0.608. The average molecular weight is 366 g/mol. The Bertz CT molecular complexity index is 526. The van der Waals surface area contributed by atoms with Crippen molar-refractivity contribution in [2.24, 2.45) is 0 Å². The molecule has 0 bridgehead atoms. The van der Waals surface area contributed by atoms with Crippen LogP contribution in [0.2, 0.25) is 0 Å². The summed E-state index contributed by atoms with van der Waals surface area (Å²) in [5.74, 6) is 0. The third kappa shape index (κ3) is 3.62. The van der Waals surface area contributed by atoms with Gasteiger partial charge in [-0.2, -0.15) is 0 Å². The molecule has 0 aromatic heterocycles. The van der Waals surface area contributed by atoms with E-state index < -0.39 is 0 Å². The highest BCUT2D eigenvalue weighted by molar-refractivity contribution is 14.1. The number of anilines is 3. The molecule has 0 heterocycles. The van der Waals surface area contributed by atoms with Gasteiger partial charge < -0.3 is 10.6 Å². The summed E-state index contributed by atoms with van der Waals surface area (Å²) < 4.78 is 1.19. The number of nitrogen functional groups attached to an aromatic ring is 1. The second-order valence-corrected chi connectivity index (χ2v) is 5.71. The second kappa shape index (κ2) is 6.80. The lowest BCUT2D eigenvalue weighted by Crippen LogP contribution is -2.19. The smallest absolute Gasteiger partial charge is 0.0547 e. The molecule has 0 aliphatic rings. The van der Waals surface area contributed by atoms with Crippen molar-refractivity contribution in [3.63, 3.8) is 0 Å². The molecule has 2 N–H and O–H groups in total. The molecule has 0 saturated carbocycles. The number of nitrogens with two attached hydrogens (primary N) is 1. The maximum atomic E-state index is 5.84. The van der Waals surface area contributed by atoms with Gasteiger partial charge in [0.2, 0.25) is 0 Å². The number of rotatable bonds is 5. The molecular formula is C16H19IN2. The van der Waals surface area contributed by atoms with Crippen LogP contribution in [0.25, 0.3) is 0 Å². The molecule has 2 rings (SSSR count). The summed E-state index contributed by atoms with van der Waals surface area (Å²) in [6.45, 7) is 3.25. The van der Waals surface area contributed by atoms with Gasteiger partial charge in [0, 0.05) is 21.5 Å². The zero-order valence-electron chi connectivity index (χ0n) is 11.1. The minimum absolute atomic E-state index is 0.816. The van der Waals surface area contributed by atoms with Crippen molar-refractivity contribution >= 4 is 39.7 Å². The van der Waals surface area contributed by atoms with Crippen LogP contribution in [0, 0.1) is 3.57 Å². The van der Waals surface area contributed by atoms with Gasteiger partial charge in [-0.1, -0.05) is 31.5 Å². The minimum atomic E-state index is 0.816. The van der Waals surface area contributed by atoms with Crippen molar-refractivity contribution in [3.8, 4) is 0 Å². The molecule has 3 heteroatoms. The zero-order valence-corrected chi connectivity index (χ0v) is 13.3. The van der Waals surface area contributed by atoms with E-state index in [2.05, 4.69) is 70.8 Å². The highest BCUT2D eigenvalue weighted by Crippen LogP contribution is 2.31. The van der Waals surface area contributed by atoms with Crippen LogP contribution in [-0.2, 0) is 0 Å². The number of nitrogens with zero attached hydrogens (tertiary/aromatic N) is 1. The number of benzene rings is 2. The van der Waals surface area contributed by atoms with E-state index in [1.807, 2.05) is 12.1 Å². The Balaban J connectivity index is 2.37. The molecule has 19 heavy (non-hydrogen) atoms. The largest absolute Gasteiger partial charge is 0.399 e. The Labute approximate surface area is 128 Å². The molecule has 2 aromatic rings. The van der Waals surface area contributed by atoms with E-state index in [-0.39, 0.29) is 0 Å². The van der Waals surface area contributed by atoms with Crippen LogP contribution in [0.1, 0.15) is 19.8 Å². The Kier molecular flexibility index (Phi) is 5.07. The Hall–Kier alpha value is -1.23. The number of hydrogen-bond donors (Lipinski definition) is 1. The molecule has 0 atom stereocenters. The van der Waals surface area contributed by atoms with E-state index in [9.17, 15) is 0 Å². The minimum Gasteiger partial charge on any atom is -0.399 e. The monoisotopic (exact) mass is 366 g/mol. The number of hydrogen-bond acceptors (Lipinski definition) is 2. The van der Waals surface area contributed by atoms with Crippen LogP contribution in [0.15, 0.2) is 48.5 Å². The molecule has 2 nitrogen and oxygen atoms in total. The molecule has 2 aromatic carbocycles. The van der Waals surface area contributed by atoms with Gasteiger partial charge in [-0.25, -0.2) is 0 Å². The number of para-hydroxylation sites is 1. The van der Waals surface area contributed by atoms with E-state index in [1.54, 1.807) is 0 Å². The summed E-state index contributed by atoms with van der Waals surface area (Å²) in [5, 5.41) is 0. The third-order valence-corrected chi connectivity index (χ3v) is 3.93. The summed E-state index contributed by atoms with van der Waals surface area (Å²) in [6.07, 6.45) is 2.37. The normalized spacial score (nSPS) is 10.4. The molecule has 0 amide bonds. The maximum Gasteiger partial charge on any atom is 0.0547 e. The maximum absolute atomic E-state index is 5.84. The van der Waals surface area contributed by atoms with Gasteiger partial charge in [0.25, 0.3) is 0 Å². The SMILES string of the molecule is CCCCN(c1ccccc1)c1ccc(N)cc1I. The number of unbranched alkanes of at least 4 members (excludes halogenated alkanes) is 1. The zero-order chi connectivity index (χ0) is 13.7. The van der Waals surface area contributed by atoms with Gasteiger partial charge in [0.1, 0.15) is 0 Å². The van der Waals surface area contributed by atoms with Crippen LogP contribution in [0.4, 0.5) is 17.1 Å². The summed E-state index contributed by atoms with van der Waals surface area (Å²) >= 11 is 2.36. The Morgan fingerprint density at radius 2 is 1.84 bits per heavy atom. The van der Waals surface area contributed by atoms with Crippen LogP contribution >= 0.6 is 22.6 Å². The van der Waals surface area contributed by atoms with Crippen LogP contribution in [0.3, 0.4) is 0 Å². The van der Waals surface area contributed by atoms with Crippen molar-refractivity contribution in [2.45, 2.75) is 19.8 Å². The molecule has 0 aliphatic heterocycles. The van der Waals surface area contributed by atoms with Crippen molar-refractivity contribution in [1.29, 1.82) is 0 Å². The first-order chi connectivity index (χ1) is 9.22. The fourth-order valence-electron chi connectivity index (χ4n) is 2.05. The molecule has 100 valence electrons. The number of halogens is 1. The highest BCUT2D eigenvalue weighted by atomic mass is 127. The molecule has 0 fully saturated rings. The van der Waals surface area contributed by atoms with Gasteiger partial charge >= 0.3 is 0 Å². The standard InChI is InChI=1S/C16H19IN2/c1-2-3-11-19(14-7-5-4-6-8-14)16-10-9-13(18)12-15(16)17/h4-10,12H,2-3,11,18H2,1H3. The first-order valence-corrected chi connectivity index (χ1v) is 7.68. The van der Waals surface area contributed by atoms with Gasteiger partial charge in [-0.3, -0.25) is 0 Å². The molecule has 0 saturated heterocycles. The lowest BCUT2D eigenvalue weighted by molar-refractivity contribution is 0.785. The van der Waals surface area contributed by atoms with E-state index in [0.29, 0.717) is 0 Å². The summed E-state index contributed by atoms with van der Waals surface area (Å²) in [5.41, 5.74) is 9.13. The van der Waals surface area contributed by atoms with Crippen LogP contribution < -0.4 is 10.6 Å². The van der Waals surface area contributed by atoms with Gasteiger partial charge in [0.15, 0.2) is 0 Å². The fourth-order valence-corrected chi connectivity index (χ4v) is 2.89. The predicted molar refractivity (Wildman–Crippen MR) is 91.9 cm³/mol. The van der Waals surface area contributed by atoms with Crippen molar-refractivity contribution in [2.75, 3.05) is 17.2 Å². The molecule has 0 aliphatic carbocycles. The van der Waals surface area contributed by atoms with Crippen LogP contribution in [-0.4, -0.2) is 6.54 Å². The summed E-state index contributed by atoms with van der Waals surface area (Å²) in [4.78, 5) is 2.37. The Morgan fingerprint density at radius 1 is 1.11 bits per heavy atom. The second-order valence-electron chi connectivity index (χ2n) is 4.55. The van der Waals surface area contributed by atoms with Crippen molar-refractivity contribution in [3.05, 3.63) is 52.1 Å². The first-order valence-electron chi connectivity index (χ1n) is 6.60. The third-order valence-electron chi connectivity index (χ3n) is 3.07. The molecule has 0 unspecified atom stereocenters.